The number of nitrogens with zero attached hydrogens (tertiary/aromatic N) is 2. The van der Waals surface area contributed by atoms with Crippen LogP contribution < -0.4 is 4.57 Å². The van der Waals surface area contributed by atoms with E-state index in [0.717, 1.165) is 27.8 Å². The van der Waals surface area contributed by atoms with E-state index < -0.39 is 0 Å². The Balaban J connectivity index is 2.01. The van der Waals surface area contributed by atoms with Crippen molar-refractivity contribution in [3.05, 3.63) is 72.2 Å². The zero-order valence-corrected chi connectivity index (χ0v) is 15.1. The largest absolute Gasteiger partial charge is 0.455 e. The Morgan fingerprint density at radius 3 is 2.58 bits per heavy atom. The van der Waals surface area contributed by atoms with Crippen molar-refractivity contribution in [3.63, 3.8) is 0 Å². The fourth-order valence-corrected chi connectivity index (χ4v) is 3.87. The Morgan fingerprint density at radius 2 is 1.73 bits per heavy atom. The minimum Gasteiger partial charge on any atom is -0.455 e. The van der Waals surface area contributed by atoms with Crippen LogP contribution in [-0.2, 0) is 7.05 Å². The van der Waals surface area contributed by atoms with E-state index in [4.69, 9.17) is 4.42 Å². The van der Waals surface area contributed by atoms with Gasteiger partial charge in [0.1, 0.15) is 23.1 Å². The highest BCUT2D eigenvalue weighted by Gasteiger charge is 2.21. The van der Waals surface area contributed by atoms with Gasteiger partial charge in [-0.25, -0.2) is 4.57 Å². The van der Waals surface area contributed by atoms with E-state index in [-0.39, 0.29) is 0 Å². The van der Waals surface area contributed by atoms with Gasteiger partial charge in [0, 0.05) is 22.2 Å². The number of rotatable bonds is 1. The summed E-state index contributed by atoms with van der Waals surface area (Å²) < 4.78 is 8.56. The number of hydrogen-bond donors (Lipinski definition) is 0. The summed E-state index contributed by atoms with van der Waals surface area (Å²) in [6.07, 6.45) is 3.67. The number of furan rings is 1. The maximum atomic E-state index is 6.51. The Labute approximate surface area is 151 Å². The second-order valence-corrected chi connectivity index (χ2v) is 6.91. The van der Waals surface area contributed by atoms with E-state index in [9.17, 15) is 0 Å². The molecule has 0 saturated carbocycles. The molecule has 0 N–H and O–H groups in total. The van der Waals surface area contributed by atoms with Crippen LogP contribution in [0.5, 0.6) is 0 Å². The average molecular weight is 339 g/mol. The van der Waals surface area contributed by atoms with Crippen molar-refractivity contribution >= 4 is 32.7 Å². The third kappa shape index (κ3) is 2.00. The van der Waals surface area contributed by atoms with Crippen molar-refractivity contribution in [3.8, 4) is 11.3 Å². The summed E-state index contributed by atoms with van der Waals surface area (Å²) in [4.78, 5) is 4.22. The van der Waals surface area contributed by atoms with E-state index >= 15 is 0 Å². The van der Waals surface area contributed by atoms with Crippen molar-refractivity contribution in [2.45, 2.75) is 13.8 Å². The van der Waals surface area contributed by atoms with Crippen molar-refractivity contribution in [2.24, 2.45) is 7.05 Å². The van der Waals surface area contributed by atoms with E-state index in [1.165, 1.54) is 27.3 Å². The second-order valence-electron chi connectivity index (χ2n) is 6.91. The number of benzene rings is 3. The minimum atomic E-state index is 0.946. The first-order valence-corrected chi connectivity index (χ1v) is 8.79. The van der Waals surface area contributed by atoms with Crippen LogP contribution in [0.1, 0.15) is 11.1 Å². The lowest BCUT2D eigenvalue weighted by atomic mass is 9.96. The van der Waals surface area contributed by atoms with Crippen LogP contribution in [0.25, 0.3) is 44.0 Å². The average Bonchev–Trinajstić information content (AvgIpc) is 3.02. The predicted molar refractivity (Wildman–Crippen MR) is 105 cm³/mol. The molecular weight excluding hydrogens is 320 g/mol. The lowest BCUT2D eigenvalue weighted by molar-refractivity contribution is -0.663. The smallest absolute Gasteiger partial charge is 0.286 e. The van der Waals surface area contributed by atoms with Gasteiger partial charge in [-0.2, -0.15) is 0 Å². The number of aryl methyl sites for hydroxylation is 2. The highest BCUT2D eigenvalue weighted by atomic mass is 16.3. The fourth-order valence-electron chi connectivity index (χ4n) is 3.87. The topological polar surface area (TPSA) is 29.9 Å². The van der Waals surface area contributed by atoms with Gasteiger partial charge in [-0.3, -0.25) is 0 Å². The molecule has 0 aliphatic carbocycles. The van der Waals surface area contributed by atoms with Crippen molar-refractivity contribution in [1.82, 2.24) is 4.98 Å². The minimum absolute atomic E-state index is 0.946. The Kier molecular flexibility index (Phi) is 3.13. The summed E-state index contributed by atoms with van der Waals surface area (Å²) in [6.45, 7) is 4.33. The highest BCUT2D eigenvalue weighted by Crippen LogP contribution is 2.40. The van der Waals surface area contributed by atoms with Gasteiger partial charge in [-0.15, -0.1) is 0 Å². The quantitative estimate of drug-likeness (QED) is 0.391. The molecule has 0 aliphatic heterocycles. The van der Waals surface area contributed by atoms with Crippen LogP contribution in [0.4, 0.5) is 0 Å². The Hall–Kier alpha value is -3.20. The molecule has 0 atom stereocenters. The molecule has 0 bridgehead atoms. The third-order valence-corrected chi connectivity index (χ3v) is 5.37. The summed E-state index contributed by atoms with van der Waals surface area (Å²) >= 11 is 0. The van der Waals surface area contributed by atoms with Gasteiger partial charge in [0.05, 0.1) is 12.6 Å². The maximum Gasteiger partial charge on any atom is 0.286 e. The SMILES string of the molecule is Cc1cc2c(oc3c4ccccc4ccc23)c(-c2ccnc[n+]2C)c1C. The number of hydrogen-bond acceptors (Lipinski definition) is 2. The first-order valence-electron chi connectivity index (χ1n) is 8.79. The lowest BCUT2D eigenvalue weighted by Gasteiger charge is -2.09. The van der Waals surface area contributed by atoms with E-state index in [0.29, 0.717) is 0 Å². The molecule has 0 unspecified atom stereocenters. The molecule has 0 fully saturated rings. The van der Waals surface area contributed by atoms with Crippen molar-refractivity contribution < 1.29 is 8.98 Å². The molecule has 0 radical (unpaired) electrons. The Morgan fingerprint density at radius 1 is 0.885 bits per heavy atom. The summed E-state index contributed by atoms with van der Waals surface area (Å²) in [5, 5.41) is 4.69. The van der Waals surface area contributed by atoms with Crippen molar-refractivity contribution in [1.29, 1.82) is 0 Å². The van der Waals surface area contributed by atoms with Crippen LogP contribution >= 0.6 is 0 Å². The van der Waals surface area contributed by atoms with Gasteiger partial charge >= 0.3 is 0 Å². The first-order chi connectivity index (χ1) is 12.6. The second kappa shape index (κ2) is 5.40. The van der Waals surface area contributed by atoms with Gasteiger partial charge in [-0.05, 0) is 42.5 Å². The fraction of sp³-hybridized carbons (Fsp3) is 0.130. The monoisotopic (exact) mass is 339 g/mol. The molecule has 3 nitrogen and oxygen atoms in total. The van der Waals surface area contributed by atoms with E-state index in [1.807, 2.05) is 30.2 Å². The molecule has 26 heavy (non-hydrogen) atoms. The maximum absolute atomic E-state index is 6.51. The van der Waals surface area contributed by atoms with Crippen molar-refractivity contribution in [2.75, 3.05) is 0 Å². The summed E-state index contributed by atoms with van der Waals surface area (Å²) in [5.74, 6) is 0. The molecule has 2 heterocycles. The van der Waals surface area contributed by atoms with Crippen LogP contribution in [0.2, 0.25) is 0 Å². The van der Waals surface area contributed by atoms with Crippen LogP contribution in [0.15, 0.2) is 65.5 Å². The van der Waals surface area contributed by atoms with Crippen LogP contribution in [0, 0.1) is 13.8 Å². The summed E-state index contributed by atoms with van der Waals surface area (Å²) in [6, 6.07) is 17.0. The lowest BCUT2D eigenvalue weighted by Crippen LogP contribution is -2.31. The predicted octanol–water partition coefficient (Wildman–Crippen LogP) is 5.24. The standard InChI is InChI=1S/C23H19N2O/c1-14-12-19-18-9-8-16-6-4-5-7-17(16)22(18)26-23(19)21(15(14)2)20-10-11-24-13-25(20)3/h4-13H,1-3H3/q+1. The molecule has 2 aromatic heterocycles. The molecule has 0 aliphatic rings. The normalized spacial score (nSPS) is 11.7. The number of fused-ring (bicyclic) bond motifs is 5. The zero-order chi connectivity index (χ0) is 17.8. The molecule has 3 aromatic carbocycles. The molecule has 0 spiro atoms. The zero-order valence-electron chi connectivity index (χ0n) is 15.1. The summed E-state index contributed by atoms with van der Waals surface area (Å²) in [5.41, 5.74) is 6.66. The van der Waals surface area contributed by atoms with Crippen LogP contribution in [0.3, 0.4) is 0 Å². The molecule has 0 saturated heterocycles. The Bertz CT molecular complexity index is 1310. The van der Waals surface area contributed by atoms with Gasteiger partial charge in [0.2, 0.25) is 0 Å². The molecule has 5 rings (SSSR count). The summed E-state index contributed by atoms with van der Waals surface area (Å²) in [7, 11) is 2.02. The third-order valence-electron chi connectivity index (χ3n) is 5.37. The van der Waals surface area contributed by atoms with E-state index in [1.54, 1.807) is 0 Å². The molecule has 3 heteroatoms. The van der Waals surface area contributed by atoms with Gasteiger partial charge in [0.25, 0.3) is 6.33 Å². The molecular formula is C23H19N2O+. The highest BCUT2D eigenvalue weighted by molar-refractivity contribution is 6.17. The van der Waals surface area contributed by atoms with Gasteiger partial charge in [-0.1, -0.05) is 35.3 Å². The number of aromatic nitrogens is 2. The van der Waals surface area contributed by atoms with Gasteiger partial charge < -0.3 is 4.42 Å². The molecule has 126 valence electrons. The van der Waals surface area contributed by atoms with E-state index in [2.05, 4.69) is 61.3 Å². The molecule has 5 aromatic rings. The van der Waals surface area contributed by atoms with Gasteiger partial charge in [0.15, 0.2) is 0 Å². The van der Waals surface area contributed by atoms with Crippen LogP contribution in [-0.4, -0.2) is 4.98 Å². The molecule has 0 amide bonds. The first kappa shape index (κ1) is 15.1.